The van der Waals surface area contributed by atoms with Crippen LogP contribution in [0.15, 0.2) is 89.1 Å². The molecule has 0 aliphatic carbocycles. The molecule has 0 aliphatic rings. The van der Waals surface area contributed by atoms with Crippen LogP contribution in [0.4, 0.5) is 0 Å². The second-order valence-corrected chi connectivity index (χ2v) is 6.42. The SMILES string of the molecule is CC(=NNC(=O)c1ccccc1)c1cccc(C(C)=NNC(=O)c2ccccc2)n1.[Cl][Cu+]. The predicted octanol–water partition coefficient (Wildman–Crippen LogP) is 4.08. The first-order valence-electron chi connectivity index (χ1n) is 9.43. The van der Waals surface area contributed by atoms with E-state index in [4.69, 9.17) is 0 Å². The maximum atomic E-state index is 12.1. The molecule has 0 aliphatic heterocycles. The van der Waals surface area contributed by atoms with Crippen LogP contribution >= 0.6 is 10.1 Å². The van der Waals surface area contributed by atoms with Crippen LogP contribution in [-0.4, -0.2) is 28.2 Å². The molecular formula is C23H21ClCuN5O2+. The fourth-order valence-corrected chi connectivity index (χ4v) is 2.53. The third kappa shape index (κ3) is 7.42. The van der Waals surface area contributed by atoms with E-state index in [-0.39, 0.29) is 11.8 Å². The zero-order valence-electron chi connectivity index (χ0n) is 17.3. The Balaban J connectivity index is 0.00000176. The number of hydrazone groups is 2. The van der Waals surface area contributed by atoms with Crippen LogP contribution in [0.3, 0.4) is 0 Å². The van der Waals surface area contributed by atoms with Crippen molar-refractivity contribution in [3.8, 4) is 0 Å². The number of benzene rings is 2. The fraction of sp³-hybridized carbons (Fsp3) is 0.0870. The van der Waals surface area contributed by atoms with Gasteiger partial charge in [-0.1, -0.05) is 42.5 Å². The molecule has 1 aromatic heterocycles. The van der Waals surface area contributed by atoms with Gasteiger partial charge >= 0.3 is 25.2 Å². The zero-order chi connectivity index (χ0) is 23.3. The van der Waals surface area contributed by atoms with E-state index < -0.39 is 0 Å². The first-order valence-corrected chi connectivity index (χ1v) is 10.7. The second-order valence-electron chi connectivity index (χ2n) is 6.42. The standard InChI is InChI=1S/C23H21N5O2.ClH.Cu/c1-16(25-27-22(29)18-10-5-3-6-11-18)20-14-9-15-21(24-20)17(2)26-28-23(30)19-12-7-4-8-13-19;;/h3-15H,1-2H3,(H,27,29)(H,28,30);1H;/q;;+2/p-1. The Hall–Kier alpha value is -3.32. The molecule has 2 aromatic carbocycles. The molecule has 0 saturated heterocycles. The van der Waals surface area contributed by atoms with Gasteiger partial charge in [0, 0.05) is 11.1 Å². The number of pyridine rings is 1. The third-order valence-electron chi connectivity index (χ3n) is 4.21. The minimum absolute atomic E-state index is 0.299. The Bertz CT molecular complexity index is 1020. The Morgan fingerprint density at radius 1 is 0.688 bits per heavy atom. The fourth-order valence-electron chi connectivity index (χ4n) is 2.53. The van der Waals surface area contributed by atoms with Crippen molar-refractivity contribution in [3.05, 3.63) is 101 Å². The maximum absolute atomic E-state index is 12.1. The summed E-state index contributed by atoms with van der Waals surface area (Å²) in [6.07, 6.45) is 0. The Morgan fingerprint density at radius 2 is 1.06 bits per heavy atom. The van der Waals surface area contributed by atoms with E-state index in [9.17, 15) is 9.59 Å². The van der Waals surface area contributed by atoms with Crippen molar-refractivity contribution in [2.24, 2.45) is 10.2 Å². The van der Waals surface area contributed by atoms with Crippen LogP contribution in [0.5, 0.6) is 0 Å². The molecule has 0 atom stereocenters. The summed E-state index contributed by atoms with van der Waals surface area (Å²) < 4.78 is 0. The monoisotopic (exact) mass is 497 g/mol. The molecule has 0 spiro atoms. The first kappa shape index (κ1) is 24.9. The van der Waals surface area contributed by atoms with Crippen molar-refractivity contribution in [2.75, 3.05) is 0 Å². The predicted molar refractivity (Wildman–Crippen MR) is 122 cm³/mol. The van der Waals surface area contributed by atoms with Crippen LogP contribution in [-0.2, 0) is 15.1 Å². The van der Waals surface area contributed by atoms with Gasteiger partial charge in [-0.3, -0.25) is 9.59 Å². The van der Waals surface area contributed by atoms with E-state index in [1.807, 2.05) is 18.2 Å². The van der Waals surface area contributed by atoms with Gasteiger partial charge in [0.05, 0.1) is 22.8 Å². The number of nitrogens with zero attached hydrogens (tertiary/aromatic N) is 3. The van der Waals surface area contributed by atoms with Crippen LogP contribution in [0, 0.1) is 0 Å². The van der Waals surface area contributed by atoms with Crippen molar-refractivity contribution < 1.29 is 24.7 Å². The number of hydrogen-bond donors (Lipinski definition) is 2. The molecule has 1 heterocycles. The van der Waals surface area contributed by atoms with E-state index in [1.54, 1.807) is 74.5 Å². The summed E-state index contributed by atoms with van der Waals surface area (Å²) >= 11 is 3.66. The molecule has 3 aromatic rings. The van der Waals surface area contributed by atoms with Crippen molar-refractivity contribution >= 4 is 33.3 Å². The molecule has 2 N–H and O–H groups in total. The van der Waals surface area contributed by atoms with Crippen LogP contribution in [0.1, 0.15) is 46.0 Å². The molecule has 2 amide bonds. The minimum atomic E-state index is -0.299. The van der Waals surface area contributed by atoms with Gasteiger partial charge in [0.2, 0.25) is 0 Å². The number of halogens is 1. The summed E-state index contributed by atoms with van der Waals surface area (Å²) in [7, 11) is 4.20. The van der Waals surface area contributed by atoms with E-state index in [0.29, 0.717) is 33.9 Å². The number of aromatic nitrogens is 1. The van der Waals surface area contributed by atoms with Crippen molar-refractivity contribution in [1.82, 2.24) is 15.8 Å². The molecule has 0 unspecified atom stereocenters. The average molecular weight is 498 g/mol. The molecule has 0 fully saturated rings. The van der Waals surface area contributed by atoms with E-state index in [0.717, 1.165) is 0 Å². The number of rotatable bonds is 6. The van der Waals surface area contributed by atoms with E-state index >= 15 is 0 Å². The first-order chi connectivity index (χ1) is 15.5. The Kier molecular flexibility index (Phi) is 10.3. The van der Waals surface area contributed by atoms with Crippen LogP contribution in [0.2, 0.25) is 0 Å². The Labute approximate surface area is 199 Å². The van der Waals surface area contributed by atoms with Gasteiger partial charge in [0.1, 0.15) is 0 Å². The summed E-state index contributed by atoms with van der Waals surface area (Å²) in [6, 6.07) is 23.1. The number of carbonyl (C=O) groups excluding carboxylic acids is 2. The second kappa shape index (κ2) is 13.2. The average Bonchev–Trinajstić information content (AvgIpc) is 2.87. The van der Waals surface area contributed by atoms with Crippen molar-refractivity contribution in [2.45, 2.75) is 13.8 Å². The van der Waals surface area contributed by atoms with Gasteiger partial charge in [-0.15, -0.1) is 0 Å². The third-order valence-corrected chi connectivity index (χ3v) is 4.21. The van der Waals surface area contributed by atoms with Crippen LogP contribution in [0.25, 0.3) is 0 Å². The number of carbonyl (C=O) groups is 2. The molecule has 3 rings (SSSR count). The normalized spacial score (nSPS) is 11.2. The summed E-state index contributed by atoms with van der Waals surface area (Å²) in [4.78, 5) is 28.8. The Morgan fingerprint density at radius 3 is 1.44 bits per heavy atom. The number of hydrogen-bond acceptors (Lipinski definition) is 5. The molecule has 0 saturated carbocycles. The van der Waals surface area contributed by atoms with Gasteiger partial charge in [0.15, 0.2) is 0 Å². The topological polar surface area (TPSA) is 95.8 Å². The van der Waals surface area contributed by atoms with Crippen LogP contribution < -0.4 is 10.9 Å². The summed E-state index contributed by atoms with van der Waals surface area (Å²) in [5, 5.41) is 8.26. The molecule has 0 radical (unpaired) electrons. The van der Waals surface area contributed by atoms with Crippen molar-refractivity contribution in [3.63, 3.8) is 0 Å². The quantitative estimate of drug-likeness (QED) is 0.305. The van der Waals surface area contributed by atoms with Gasteiger partial charge in [-0.25, -0.2) is 15.8 Å². The van der Waals surface area contributed by atoms with Gasteiger partial charge < -0.3 is 0 Å². The summed E-state index contributed by atoms with van der Waals surface area (Å²) in [6.45, 7) is 3.50. The number of nitrogens with one attached hydrogen (secondary N) is 2. The van der Waals surface area contributed by atoms with Gasteiger partial charge in [-0.2, -0.15) is 10.2 Å². The summed E-state index contributed by atoms with van der Waals surface area (Å²) in [5.74, 6) is -0.597. The molecule has 167 valence electrons. The molecule has 9 heteroatoms. The number of amides is 2. The molecule has 7 nitrogen and oxygen atoms in total. The van der Waals surface area contributed by atoms with Gasteiger partial charge in [-0.05, 0) is 50.2 Å². The molecule has 0 bridgehead atoms. The zero-order valence-corrected chi connectivity index (χ0v) is 19.0. The van der Waals surface area contributed by atoms with E-state index in [1.165, 1.54) is 0 Å². The van der Waals surface area contributed by atoms with Gasteiger partial charge in [0.25, 0.3) is 11.8 Å². The summed E-state index contributed by atoms with van der Waals surface area (Å²) in [5.41, 5.74) is 8.36. The molecule has 32 heavy (non-hydrogen) atoms. The van der Waals surface area contributed by atoms with E-state index in [2.05, 4.69) is 51.2 Å². The van der Waals surface area contributed by atoms with Crippen molar-refractivity contribution in [1.29, 1.82) is 0 Å². The molecular weight excluding hydrogens is 477 g/mol.